The Morgan fingerprint density at radius 1 is 1.39 bits per heavy atom. The zero-order chi connectivity index (χ0) is 16.4. The molecule has 0 bridgehead atoms. The van der Waals surface area contributed by atoms with E-state index in [9.17, 15) is 4.79 Å². The van der Waals surface area contributed by atoms with E-state index in [2.05, 4.69) is 31.3 Å². The predicted molar refractivity (Wildman–Crippen MR) is 98.7 cm³/mol. The summed E-state index contributed by atoms with van der Waals surface area (Å²) in [7, 11) is 0. The van der Waals surface area contributed by atoms with Crippen LogP contribution in [0.3, 0.4) is 0 Å². The highest BCUT2D eigenvalue weighted by Crippen LogP contribution is 2.40. The highest BCUT2D eigenvalue weighted by atomic mass is 32.1. The van der Waals surface area contributed by atoms with E-state index in [4.69, 9.17) is 0 Å². The number of fused-ring (bicyclic) bond motifs is 1. The summed E-state index contributed by atoms with van der Waals surface area (Å²) in [6, 6.07) is 1.97. The minimum Gasteiger partial charge on any atom is -0.267 e. The molecule has 0 saturated heterocycles. The first kappa shape index (κ1) is 16.4. The fourth-order valence-corrected chi connectivity index (χ4v) is 4.79. The van der Waals surface area contributed by atoms with Gasteiger partial charge in [-0.1, -0.05) is 20.8 Å². The Morgan fingerprint density at radius 2 is 2.22 bits per heavy atom. The van der Waals surface area contributed by atoms with Crippen molar-refractivity contribution in [2.75, 3.05) is 0 Å². The summed E-state index contributed by atoms with van der Waals surface area (Å²) in [4.78, 5) is 13.7. The molecule has 0 radical (unpaired) electrons. The lowest BCUT2D eigenvalue weighted by Crippen LogP contribution is -2.27. The van der Waals surface area contributed by atoms with Crippen molar-refractivity contribution in [2.24, 2.45) is 16.4 Å². The number of amides is 1. The quantitative estimate of drug-likeness (QED) is 0.634. The van der Waals surface area contributed by atoms with Gasteiger partial charge in [0.15, 0.2) is 0 Å². The average molecular weight is 347 g/mol. The van der Waals surface area contributed by atoms with Gasteiger partial charge in [-0.25, -0.2) is 5.43 Å². The summed E-state index contributed by atoms with van der Waals surface area (Å²) < 4.78 is 0. The van der Waals surface area contributed by atoms with Gasteiger partial charge in [-0.05, 0) is 53.0 Å². The second-order valence-electron chi connectivity index (χ2n) is 7.11. The third-order valence-electron chi connectivity index (χ3n) is 4.55. The van der Waals surface area contributed by atoms with Crippen LogP contribution in [0.2, 0.25) is 0 Å². The van der Waals surface area contributed by atoms with E-state index in [0.29, 0.717) is 11.3 Å². The van der Waals surface area contributed by atoms with Crippen LogP contribution in [-0.2, 0) is 12.8 Å². The van der Waals surface area contributed by atoms with Crippen molar-refractivity contribution in [3.8, 4) is 0 Å². The van der Waals surface area contributed by atoms with Gasteiger partial charge in [0, 0.05) is 15.8 Å². The normalized spacial score (nSPS) is 18.1. The van der Waals surface area contributed by atoms with Crippen molar-refractivity contribution >= 4 is 34.8 Å². The molecule has 3 rings (SSSR count). The third kappa shape index (κ3) is 3.72. The number of carbonyl (C=O) groups is 1. The van der Waals surface area contributed by atoms with Crippen LogP contribution in [-0.4, -0.2) is 12.1 Å². The molecule has 122 valence electrons. The molecule has 5 heteroatoms. The molecule has 23 heavy (non-hydrogen) atoms. The molecule has 0 aliphatic heterocycles. The molecule has 0 saturated carbocycles. The first-order valence-electron chi connectivity index (χ1n) is 7.90. The number of rotatable bonds is 3. The Kier molecular flexibility index (Phi) is 4.69. The minimum absolute atomic E-state index is 0.0943. The predicted octanol–water partition coefficient (Wildman–Crippen LogP) is 4.72. The number of carbonyl (C=O) groups excluding carboxylic acids is 1. The molecule has 0 unspecified atom stereocenters. The molecule has 1 N–H and O–H groups in total. The summed E-state index contributed by atoms with van der Waals surface area (Å²) in [5.41, 5.74) is 6.04. The second kappa shape index (κ2) is 6.57. The Balaban J connectivity index is 1.68. The Morgan fingerprint density at radius 3 is 2.91 bits per heavy atom. The maximum atomic E-state index is 12.4. The lowest BCUT2D eigenvalue weighted by atomic mass is 9.72. The van der Waals surface area contributed by atoms with Gasteiger partial charge < -0.3 is 0 Å². The van der Waals surface area contributed by atoms with Crippen molar-refractivity contribution in [3.05, 3.63) is 43.8 Å². The third-order valence-corrected chi connectivity index (χ3v) is 6.30. The number of hydrazone groups is 1. The second-order valence-corrected chi connectivity index (χ2v) is 8.86. The first-order chi connectivity index (χ1) is 10.9. The van der Waals surface area contributed by atoms with E-state index in [0.717, 1.165) is 30.4 Å². The number of hydrogen-bond acceptors (Lipinski definition) is 4. The van der Waals surface area contributed by atoms with Crippen LogP contribution in [0.4, 0.5) is 0 Å². The van der Waals surface area contributed by atoms with E-state index in [1.165, 1.54) is 10.4 Å². The zero-order valence-corrected chi connectivity index (χ0v) is 15.4. The smallest absolute Gasteiger partial charge is 0.267 e. The van der Waals surface area contributed by atoms with Crippen LogP contribution < -0.4 is 5.43 Å². The molecule has 1 atom stereocenters. The van der Waals surface area contributed by atoms with Gasteiger partial charge in [-0.2, -0.15) is 16.4 Å². The van der Waals surface area contributed by atoms with Gasteiger partial charge in [-0.15, -0.1) is 11.3 Å². The fraction of sp³-hybridized carbons (Fsp3) is 0.444. The topological polar surface area (TPSA) is 41.5 Å². The molecular formula is C18H22N2OS2. The molecule has 3 nitrogen and oxygen atoms in total. The molecule has 2 heterocycles. The number of nitrogens with zero attached hydrogens (tertiary/aromatic N) is 1. The van der Waals surface area contributed by atoms with E-state index < -0.39 is 0 Å². The van der Waals surface area contributed by atoms with Crippen molar-refractivity contribution < 1.29 is 4.79 Å². The molecule has 2 aromatic heterocycles. The first-order valence-corrected chi connectivity index (χ1v) is 9.72. The van der Waals surface area contributed by atoms with E-state index in [-0.39, 0.29) is 5.91 Å². The van der Waals surface area contributed by atoms with Crippen LogP contribution in [0.1, 0.15) is 53.6 Å². The molecule has 1 aliphatic carbocycles. The summed E-state index contributed by atoms with van der Waals surface area (Å²) in [5, 5.41) is 10.0. The van der Waals surface area contributed by atoms with Gasteiger partial charge in [-0.3, -0.25) is 4.79 Å². The van der Waals surface area contributed by atoms with Crippen molar-refractivity contribution in [1.82, 2.24) is 5.43 Å². The van der Waals surface area contributed by atoms with E-state index in [1.807, 2.05) is 22.2 Å². The fourth-order valence-electron chi connectivity index (χ4n) is 3.02. The van der Waals surface area contributed by atoms with Crippen molar-refractivity contribution in [3.63, 3.8) is 0 Å². The monoisotopic (exact) mass is 346 g/mol. The highest BCUT2D eigenvalue weighted by molar-refractivity contribution is 7.10. The molecule has 0 spiro atoms. The molecular weight excluding hydrogens is 324 g/mol. The minimum atomic E-state index is -0.0943. The molecule has 1 amide bonds. The number of hydrogen-bond donors (Lipinski definition) is 1. The summed E-state index contributed by atoms with van der Waals surface area (Å²) in [5.74, 6) is 0.601. The Bertz CT molecular complexity index is 708. The molecule has 0 fully saturated rings. The molecule has 1 aliphatic rings. The van der Waals surface area contributed by atoms with Crippen LogP contribution in [0.5, 0.6) is 0 Å². The SMILES string of the molecule is CC(C)(C)[C@H]1CCc2c(C(=O)N/N=C\c3ccsc3)csc2C1. The van der Waals surface area contributed by atoms with E-state index >= 15 is 0 Å². The van der Waals surface area contributed by atoms with Crippen molar-refractivity contribution in [1.29, 1.82) is 0 Å². The van der Waals surface area contributed by atoms with Gasteiger partial charge in [0.1, 0.15) is 0 Å². The number of nitrogens with one attached hydrogen (secondary N) is 1. The van der Waals surface area contributed by atoms with Gasteiger partial charge in [0.2, 0.25) is 0 Å². The highest BCUT2D eigenvalue weighted by Gasteiger charge is 2.31. The van der Waals surface area contributed by atoms with Crippen LogP contribution in [0.15, 0.2) is 27.3 Å². The largest absolute Gasteiger partial charge is 0.272 e. The van der Waals surface area contributed by atoms with Crippen LogP contribution >= 0.6 is 22.7 Å². The lowest BCUT2D eigenvalue weighted by molar-refractivity contribution is 0.0954. The van der Waals surface area contributed by atoms with Crippen LogP contribution in [0.25, 0.3) is 0 Å². The summed E-state index contributed by atoms with van der Waals surface area (Å²) in [6.45, 7) is 6.93. The maximum Gasteiger partial charge on any atom is 0.272 e. The standard InChI is InChI=1S/C18H22N2OS2/c1-18(2,3)13-4-5-14-15(11-23-16(14)8-13)17(21)20-19-9-12-6-7-22-10-12/h6-7,9-11,13H,4-5,8H2,1-3H3,(H,20,21)/b19-9-/t13-/m0/s1. The molecule has 0 aromatic carbocycles. The Hall–Kier alpha value is -1.46. The van der Waals surface area contributed by atoms with Crippen LogP contribution in [0, 0.1) is 11.3 Å². The Labute approximate surface area is 145 Å². The van der Waals surface area contributed by atoms with Gasteiger partial charge in [0.25, 0.3) is 5.91 Å². The van der Waals surface area contributed by atoms with E-state index in [1.54, 1.807) is 28.9 Å². The lowest BCUT2D eigenvalue weighted by Gasteiger charge is -2.33. The van der Waals surface area contributed by atoms with Crippen molar-refractivity contribution in [2.45, 2.75) is 40.0 Å². The van der Waals surface area contributed by atoms with Gasteiger partial charge >= 0.3 is 0 Å². The van der Waals surface area contributed by atoms with Gasteiger partial charge in [0.05, 0.1) is 11.8 Å². The summed E-state index contributed by atoms with van der Waals surface area (Å²) >= 11 is 3.33. The maximum absolute atomic E-state index is 12.4. The summed E-state index contributed by atoms with van der Waals surface area (Å²) in [6.07, 6.45) is 4.93. The average Bonchev–Trinajstić information content (AvgIpc) is 3.14. The number of thiophene rings is 2. The zero-order valence-electron chi connectivity index (χ0n) is 13.8. The molecule has 2 aromatic rings.